The van der Waals surface area contributed by atoms with E-state index in [9.17, 15) is 4.79 Å². The van der Waals surface area contributed by atoms with E-state index in [-0.39, 0.29) is 5.56 Å². The molecule has 2 aromatic carbocycles. The molecule has 7 heteroatoms. The van der Waals surface area contributed by atoms with Crippen molar-refractivity contribution in [3.8, 4) is 0 Å². The van der Waals surface area contributed by atoms with Gasteiger partial charge in [-0.3, -0.25) is 14.0 Å². The predicted octanol–water partition coefficient (Wildman–Crippen LogP) is 4.55. The SMILES string of the molecule is Cc1cccc(CSc2nc3ccccc3c(=O)n2CCn2cc(Cl)cn2)c1. The minimum absolute atomic E-state index is 0.0319. The van der Waals surface area contributed by atoms with Crippen LogP contribution >= 0.6 is 23.4 Å². The Balaban J connectivity index is 1.67. The molecular formula is C21H19ClN4OS. The quantitative estimate of drug-likeness (QED) is 0.345. The minimum Gasteiger partial charge on any atom is -0.285 e. The van der Waals surface area contributed by atoms with E-state index in [4.69, 9.17) is 16.6 Å². The Kier molecular flexibility index (Phi) is 5.50. The van der Waals surface area contributed by atoms with Crippen LogP contribution in [0.15, 0.2) is 70.9 Å². The zero-order valence-electron chi connectivity index (χ0n) is 15.4. The fraction of sp³-hybridized carbons (Fsp3) is 0.190. The van der Waals surface area contributed by atoms with Gasteiger partial charge in [0.25, 0.3) is 5.56 Å². The van der Waals surface area contributed by atoms with Crippen molar-refractivity contribution in [2.75, 3.05) is 0 Å². The molecule has 4 rings (SSSR count). The fourth-order valence-electron chi connectivity index (χ4n) is 3.07. The van der Waals surface area contributed by atoms with E-state index in [1.54, 1.807) is 33.4 Å². The highest BCUT2D eigenvalue weighted by molar-refractivity contribution is 7.98. The molecule has 0 spiro atoms. The Bertz CT molecular complexity index is 1180. The maximum Gasteiger partial charge on any atom is 0.262 e. The van der Waals surface area contributed by atoms with Crippen LogP contribution in [0.5, 0.6) is 0 Å². The predicted molar refractivity (Wildman–Crippen MR) is 114 cm³/mol. The van der Waals surface area contributed by atoms with Gasteiger partial charge in [-0.15, -0.1) is 0 Å². The van der Waals surface area contributed by atoms with Gasteiger partial charge in [0.1, 0.15) is 0 Å². The van der Waals surface area contributed by atoms with Gasteiger partial charge in [-0.25, -0.2) is 4.98 Å². The lowest BCUT2D eigenvalue weighted by molar-refractivity contribution is 0.492. The van der Waals surface area contributed by atoms with E-state index in [1.807, 2.05) is 30.3 Å². The number of hydrogen-bond acceptors (Lipinski definition) is 4. The highest BCUT2D eigenvalue weighted by Gasteiger charge is 2.12. The van der Waals surface area contributed by atoms with Gasteiger partial charge in [0, 0.05) is 18.5 Å². The summed E-state index contributed by atoms with van der Waals surface area (Å²) < 4.78 is 3.47. The number of benzene rings is 2. The van der Waals surface area contributed by atoms with Crippen LogP contribution in [0.25, 0.3) is 10.9 Å². The normalized spacial score (nSPS) is 11.2. The molecule has 0 aliphatic rings. The Morgan fingerprint density at radius 3 is 2.75 bits per heavy atom. The standard InChI is InChI=1S/C21H19ClN4OS/c1-15-5-4-6-16(11-15)14-28-21-24-19-8-3-2-7-18(19)20(27)26(21)10-9-25-13-17(22)12-23-25/h2-8,11-13H,9-10,14H2,1H3. The molecule has 28 heavy (non-hydrogen) atoms. The lowest BCUT2D eigenvalue weighted by Gasteiger charge is -2.13. The molecule has 0 bridgehead atoms. The van der Waals surface area contributed by atoms with Crippen molar-refractivity contribution in [1.29, 1.82) is 0 Å². The summed E-state index contributed by atoms with van der Waals surface area (Å²) in [7, 11) is 0. The Morgan fingerprint density at radius 1 is 1.11 bits per heavy atom. The molecule has 0 unspecified atom stereocenters. The monoisotopic (exact) mass is 410 g/mol. The Hall–Kier alpha value is -2.57. The maximum absolute atomic E-state index is 13.1. The number of aromatic nitrogens is 4. The van der Waals surface area contributed by atoms with Crippen molar-refractivity contribution in [2.24, 2.45) is 0 Å². The molecule has 0 saturated carbocycles. The van der Waals surface area contributed by atoms with Crippen molar-refractivity contribution in [1.82, 2.24) is 19.3 Å². The molecule has 0 fully saturated rings. The summed E-state index contributed by atoms with van der Waals surface area (Å²) in [6.07, 6.45) is 3.34. The van der Waals surface area contributed by atoms with Gasteiger partial charge in [-0.1, -0.05) is 65.3 Å². The summed E-state index contributed by atoms with van der Waals surface area (Å²) in [6.45, 7) is 3.10. The molecule has 0 saturated heterocycles. The van der Waals surface area contributed by atoms with E-state index >= 15 is 0 Å². The van der Waals surface area contributed by atoms with E-state index in [1.165, 1.54) is 11.1 Å². The summed E-state index contributed by atoms with van der Waals surface area (Å²) >= 11 is 7.52. The molecular weight excluding hydrogens is 392 g/mol. The minimum atomic E-state index is -0.0319. The zero-order chi connectivity index (χ0) is 19.5. The molecule has 0 radical (unpaired) electrons. The largest absolute Gasteiger partial charge is 0.285 e. The van der Waals surface area contributed by atoms with E-state index in [0.717, 1.165) is 11.3 Å². The molecule has 0 N–H and O–H groups in total. The van der Waals surface area contributed by atoms with Gasteiger partial charge in [0.05, 0.1) is 28.7 Å². The van der Waals surface area contributed by atoms with Crippen LogP contribution in [0.4, 0.5) is 0 Å². The van der Waals surface area contributed by atoms with Crippen molar-refractivity contribution in [3.63, 3.8) is 0 Å². The Labute approximate surface area is 172 Å². The van der Waals surface area contributed by atoms with Crippen LogP contribution < -0.4 is 5.56 Å². The average Bonchev–Trinajstić information content (AvgIpc) is 3.11. The average molecular weight is 411 g/mol. The van der Waals surface area contributed by atoms with E-state index in [0.29, 0.717) is 28.7 Å². The molecule has 0 atom stereocenters. The molecule has 0 aliphatic carbocycles. The van der Waals surface area contributed by atoms with Gasteiger partial charge in [0.2, 0.25) is 0 Å². The van der Waals surface area contributed by atoms with Gasteiger partial charge in [0.15, 0.2) is 5.16 Å². The summed E-state index contributed by atoms with van der Waals surface area (Å²) in [5.41, 5.74) is 3.11. The van der Waals surface area contributed by atoms with E-state index in [2.05, 4.69) is 30.2 Å². The van der Waals surface area contributed by atoms with Crippen molar-refractivity contribution >= 4 is 34.3 Å². The smallest absolute Gasteiger partial charge is 0.262 e. The molecule has 142 valence electrons. The number of thioether (sulfide) groups is 1. The zero-order valence-corrected chi connectivity index (χ0v) is 17.0. The number of hydrogen-bond donors (Lipinski definition) is 0. The van der Waals surface area contributed by atoms with Crippen LogP contribution in [-0.2, 0) is 18.8 Å². The second kappa shape index (κ2) is 8.20. The topological polar surface area (TPSA) is 52.7 Å². The molecule has 2 aromatic heterocycles. The van der Waals surface area contributed by atoms with Gasteiger partial charge in [-0.2, -0.15) is 5.10 Å². The molecule has 0 aliphatic heterocycles. The highest BCUT2D eigenvalue weighted by atomic mass is 35.5. The summed E-state index contributed by atoms with van der Waals surface area (Å²) in [4.78, 5) is 17.9. The summed E-state index contributed by atoms with van der Waals surface area (Å²) in [5, 5.41) is 6.12. The lowest BCUT2D eigenvalue weighted by Crippen LogP contribution is -2.25. The number of halogens is 1. The third-order valence-electron chi connectivity index (χ3n) is 4.43. The molecule has 2 heterocycles. The number of rotatable bonds is 6. The number of nitrogens with zero attached hydrogens (tertiary/aromatic N) is 4. The van der Waals surface area contributed by atoms with Crippen LogP contribution in [0.1, 0.15) is 11.1 Å². The van der Waals surface area contributed by atoms with Gasteiger partial charge < -0.3 is 0 Å². The van der Waals surface area contributed by atoms with Crippen LogP contribution in [0.2, 0.25) is 5.02 Å². The maximum atomic E-state index is 13.1. The number of aryl methyl sites for hydroxylation is 2. The third-order valence-corrected chi connectivity index (χ3v) is 5.67. The molecule has 0 amide bonds. The second-order valence-corrected chi connectivity index (χ2v) is 7.95. The fourth-order valence-corrected chi connectivity index (χ4v) is 4.19. The van der Waals surface area contributed by atoms with Crippen LogP contribution in [0, 0.1) is 6.92 Å². The number of fused-ring (bicyclic) bond motifs is 1. The molecule has 5 nitrogen and oxygen atoms in total. The number of para-hydroxylation sites is 1. The van der Waals surface area contributed by atoms with Crippen molar-refractivity contribution in [2.45, 2.75) is 30.9 Å². The van der Waals surface area contributed by atoms with Crippen LogP contribution in [0.3, 0.4) is 0 Å². The van der Waals surface area contributed by atoms with Crippen molar-refractivity contribution in [3.05, 3.63) is 87.4 Å². The van der Waals surface area contributed by atoms with Crippen molar-refractivity contribution < 1.29 is 0 Å². The van der Waals surface area contributed by atoms with Gasteiger partial charge >= 0.3 is 0 Å². The molecule has 4 aromatic rings. The third kappa shape index (κ3) is 4.13. The summed E-state index contributed by atoms with van der Waals surface area (Å²) in [6, 6.07) is 15.8. The highest BCUT2D eigenvalue weighted by Crippen LogP contribution is 2.22. The first-order valence-corrected chi connectivity index (χ1v) is 10.3. The first kappa shape index (κ1) is 18.8. The lowest BCUT2D eigenvalue weighted by atomic mass is 10.2. The first-order valence-electron chi connectivity index (χ1n) is 8.96. The van der Waals surface area contributed by atoms with Crippen LogP contribution in [-0.4, -0.2) is 19.3 Å². The van der Waals surface area contributed by atoms with Gasteiger partial charge in [-0.05, 0) is 24.6 Å². The summed E-state index contributed by atoms with van der Waals surface area (Å²) in [5.74, 6) is 0.750. The second-order valence-electron chi connectivity index (χ2n) is 6.57. The van der Waals surface area contributed by atoms with E-state index < -0.39 is 0 Å². The first-order chi connectivity index (χ1) is 13.6. The Morgan fingerprint density at radius 2 is 1.96 bits per heavy atom.